The van der Waals surface area contributed by atoms with Gasteiger partial charge in [0, 0.05) is 48.2 Å². The molecule has 1 saturated heterocycles. The van der Waals surface area contributed by atoms with Crippen molar-refractivity contribution in [1.29, 1.82) is 0 Å². The maximum atomic E-state index is 12.9. The van der Waals surface area contributed by atoms with Crippen LogP contribution in [0.5, 0.6) is 5.75 Å². The van der Waals surface area contributed by atoms with E-state index in [2.05, 4.69) is 22.3 Å². The Hall–Kier alpha value is -3.39. The highest BCUT2D eigenvalue weighted by molar-refractivity contribution is 6.36. The number of alkyl halides is 1. The molecular weight excluding hydrogens is 602 g/mol. The topological polar surface area (TPSA) is 67.9 Å². The molecule has 3 aromatic rings. The molecule has 2 fully saturated rings. The van der Waals surface area contributed by atoms with E-state index in [1.165, 1.54) is 0 Å². The molecule has 0 aromatic heterocycles. The molecule has 0 spiro atoms. The summed E-state index contributed by atoms with van der Waals surface area (Å²) in [5, 5.41) is 4.14. The highest BCUT2D eigenvalue weighted by Crippen LogP contribution is 2.44. The lowest BCUT2D eigenvalue weighted by atomic mass is 9.87. The van der Waals surface area contributed by atoms with E-state index >= 15 is 0 Å². The highest BCUT2D eigenvalue weighted by Gasteiger charge is 2.52. The van der Waals surface area contributed by atoms with Crippen LogP contribution in [0.25, 0.3) is 11.1 Å². The summed E-state index contributed by atoms with van der Waals surface area (Å²) in [4.78, 5) is 26.0. The van der Waals surface area contributed by atoms with Crippen LogP contribution in [-0.4, -0.2) is 55.3 Å². The van der Waals surface area contributed by atoms with Gasteiger partial charge in [-0.15, -0.1) is 0 Å². The van der Waals surface area contributed by atoms with Crippen molar-refractivity contribution in [3.63, 3.8) is 0 Å². The summed E-state index contributed by atoms with van der Waals surface area (Å²) in [5.74, 6) is 0.502. The second-order valence-electron chi connectivity index (χ2n) is 11.8. The van der Waals surface area contributed by atoms with Crippen molar-refractivity contribution in [3.05, 3.63) is 93.0 Å². The summed E-state index contributed by atoms with van der Waals surface area (Å²) < 4.78 is 24.0. The van der Waals surface area contributed by atoms with E-state index in [9.17, 15) is 14.0 Å². The van der Waals surface area contributed by atoms with Gasteiger partial charge in [-0.3, -0.25) is 18.9 Å². The van der Waals surface area contributed by atoms with Gasteiger partial charge in [-0.2, -0.15) is 0 Å². The number of carbonyl (C=O) groups is 2. The summed E-state index contributed by atoms with van der Waals surface area (Å²) >= 11 is 13.0. The van der Waals surface area contributed by atoms with Crippen molar-refractivity contribution in [2.24, 2.45) is 0 Å². The third-order valence-corrected chi connectivity index (χ3v) is 9.29. The number of anilines is 1. The summed E-state index contributed by atoms with van der Waals surface area (Å²) in [5.41, 5.74) is 5.98. The van der Waals surface area contributed by atoms with Crippen molar-refractivity contribution < 1.29 is 23.5 Å². The SMILES string of the molecule is O=COC1(C(=O)Nc2ccc3c(c2)CCCC(c2ccc(Cl)cc2Cl)=C3c2ccc(O[C@H]3CCN(CCCF)C3)cc2)CC1. The van der Waals surface area contributed by atoms with Gasteiger partial charge in [0.1, 0.15) is 11.9 Å². The van der Waals surface area contributed by atoms with E-state index in [1.54, 1.807) is 6.07 Å². The standard InChI is InChI=1S/C35H35Cl2FN2O4/c36-25-7-11-30(32(37)20-25)31-4-1-3-24-19-26(39-34(42)35(14-15-35)43-22-41)8-12-29(24)33(31)23-5-9-27(10-6-23)44-28-13-18-40(21-28)17-2-16-38/h5-12,19-20,22,28H,1-4,13-18,21H2,(H,39,42)/t28-/m0/s1. The highest BCUT2D eigenvalue weighted by atomic mass is 35.5. The number of aryl methyl sites for hydroxylation is 1. The van der Waals surface area contributed by atoms with E-state index in [0.29, 0.717) is 41.5 Å². The zero-order chi connectivity index (χ0) is 30.7. The van der Waals surface area contributed by atoms with Crippen molar-refractivity contribution in [2.75, 3.05) is 31.6 Å². The predicted octanol–water partition coefficient (Wildman–Crippen LogP) is 7.75. The molecule has 3 aromatic carbocycles. The molecule has 0 bridgehead atoms. The summed E-state index contributed by atoms with van der Waals surface area (Å²) in [6, 6.07) is 19.8. The second-order valence-corrected chi connectivity index (χ2v) is 12.6. The molecule has 3 aliphatic rings. The van der Waals surface area contributed by atoms with Crippen LogP contribution in [0.2, 0.25) is 10.0 Å². The van der Waals surface area contributed by atoms with Crippen molar-refractivity contribution >= 4 is 52.4 Å². The smallest absolute Gasteiger partial charge is 0.294 e. The zero-order valence-electron chi connectivity index (χ0n) is 24.4. The Morgan fingerprint density at radius 3 is 2.57 bits per heavy atom. The Labute approximate surface area is 267 Å². The predicted molar refractivity (Wildman–Crippen MR) is 172 cm³/mol. The summed E-state index contributed by atoms with van der Waals surface area (Å²) in [6.45, 7) is 2.54. The van der Waals surface area contributed by atoms with Crippen LogP contribution in [0.3, 0.4) is 0 Å². The molecule has 230 valence electrons. The van der Waals surface area contributed by atoms with Crippen LogP contribution in [0, 0.1) is 0 Å². The number of nitrogens with one attached hydrogen (secondary N) is 1. The fourth-order valence-electron chi connectivity index (χ4n) is 6.32. The first kappa shape index (κ1) is 30.6. The molecule has 1 amide bonds. The number of halogens is 3. The van der Waals surface area contributed by atoms with Gasteiger partial charge in [0.05, 0.1) is 6.67 Å². The molecule has 1 saturated carbocycles. The molecule has 1 atom stereocenters. The molecule has 2 aliphatic carbocycles. The fraction of sp³-hybridized carbons (Fsp3) is 0.371. The maximum absolute atomic E-state index is 12.9. The largest absolute Gasteiger partial charge is 0.489 e. The number of nitrogens with zero attached hydrogens (tertiary/aromatic N) is 1. The van der Waals surface area contributed by atoms with Crippen LogP contribution in [0.4, 0.5) is 10.1 Å². The van der Waals surface area contributed by atoms with E-state index in [0.717, 1.165) is 84.5 Å². The molecule has 44 heavy (non-hydrogen) atoms. The first-order chi connectivity index (χ1) is 21.4. The van der Waals surface area contributed by atoms with E-state index in [-0.39, 0.29) is 18.7 Å². The molecule has 1 aliphatic heterocycles. The quantitative estimate of drug-likeness (QED) is 0.218. The molecule has 0 unspecified atom stereocenters. The van der Waals surface area contributed by atoms with E-state index < -0.39 is 5.60 Å². The van der Waals surface area contributed by atoms with Crippen molar-refractivity contribution in [1.82, 2.24) is 4.90 Å². The number of fused-ring (bicyclic) bond motifs is 1. The maximum Gasteiger partial charge on any atom is 0.294 e. The van der Waals surface area contributed by atoms with Crippen LogP contribution in [-0.2, 0) is 20.7 Å². The van der Waals surface area contributed by atoms with Gasteiger partial charge in [0.25, 0.3) is 12.4 Å². The number of carbonyl (C=O) groups excluding carboxylic acids is 2. The Morgan fingerprint density at radius 2 is 1.84 bits per heavy atom. The average Bonchev–Trinajstić information content (AvgIpc) is 3.71. The first-order valence-corrected chi connectivity index (χ1v) is 15.9. The minimum atomic E-state index is -1.05. The Kier molecular flexibility index (Phi) is 9.26. The zero-order valence-corrected chi connectivity index (χ0v) is 25.9. The lowest BCUT2D eigenvalue weighted by Gasteiger charge is -2.20. The van der Waals surface area contributed by atoms with Gasteiger partial charge < -0.3 is 14.8 Å². The Morgan fingerprint density at radius 1 is 1.05 bits per heavy atom. The van der Waals surface area contributed by atoms with Gasteiger partial charge in [-0.25, -0.2) is 0 Å². The number of rotatable bonds is 11. The van der Waals surface area contributed by atoms with Gasteiger partial charge in [0.2, 0.25) is 0 Å². The summed E-state index contributed by atoms with van der Waals surface area (Å²) in [7, 11) is 0. The number of hydrogen-bond acceptors (Lipinski definition) is 5. The third-order valence-electron chi connectivity index (χ3n) is 8.74. The monoisotopic (exact) mass is 636 g/mol. The van der Waals surface area contributed by atoms with Crippen LogP contribution in [0.15, 0.2) is 60.7 Å². The first-order valence-electron chi connectivity index (χ1n) is 15.2. The lowest BCUT2D eigenvalue weighted by molar-refractivity contribution is -0.144. The normalized spacial score (nSPS) is 19.2. The molecule has 6 nitrogen and oxygen atoms in total. The third kappa shape index (κ3) is 6.65. The number of ether oxygens (including phenoxy) is 2. The van der Waals surface area contributed by atoms with Crippen LogP contribution >= 0.6 is 23.2 Å². The lowest BCUT2D eigenvalue weighted by Crippen LogP contribution is -2.32. The molecule has 9 heteroatoms. The second kappa shape index (κ2) is 13.3. The van der Waals surface area contributed by atoms with Gasteiger partial charge in [0.15, 0.2) is 5.60 Å². The van der Waals surface area contributed by atoms with Crippen LogP contribution in [0.1, 0.15) is 60.8 Å². The van der Waals surface area contributed by atoms with E-state index in [1.807, 2.05) is 42.5 Å². The number of likely N-dealkylation sites (tertiary alicyclic amines) is 1. The van der Waals surface area contributed by atoms with Gasteiger partial charge >= 0.3 is 0 Å². The van der Waals surface area contributed by atoms with Crippen molar-refractivity contribution in [2.45, 2.75) is 56.7 Å². The number of hydrogen-bond donors (Lipinski definition) is 1. The Balaban J connectivity index is 1.32. The van der Waals surface area contributed by atoms with Crippen molar-refractivity contribution in [3.8, 4) is 5.75 Å². The van der Waals surface area contributed by atoms with Crippen LogP contribution < -0.4 is 10.1 Å². The van der Waals surface area contributed by atoms with Gasteiger partial charge in [-0.05, 0) is 102 Å². The minimum Gasteiger partial charge on any atom is -0.489 e. The number of allylic oxidation sites excluding steroid dienone is 1. The molecule has 1 heterocycles. The molecule has 0 radical (unpaired) electrons. The molecular formula is C35H35Cl2FN2O4. The number of benzene rings is 3. The average molecular weight is 638 g/mol. The molecule has 1 N–H and O–H groups in total. The number of amides is 1. The Bertz CT molecular complexity index is 1570. The van der Waals surface area contributed by atoms with Gasteiger partial charge in [-0.1, -0.05) is 47.5 Å². The fourth-order valence-corrected chi connectivity index (χ4v) is 6.84. The minimum absolute atomic E-state index is 0.0852. The van der Waals surface area contributed by atoms with E-state index in [4.69, 9.17) is 32.7 Å². The molecule has 6 rings (SSSR count). The summed E-state index contributed by atoms with van der Waals surface area (Å²) in [6.07, 6.45) is 5.13.